The molecule has 0 radical (unpaired) electrons. The highest BCUT2D eigenvalue weighted by Gasteiger charge is 2.46. The number of hydrogen-bond acceptors (Lipinski definition) is 8. The molecule has 2 aliphatic heterocycles. The first-order valence-corrected chi connectivity index (χ1v) is 13.3. The summed E-state index contributed by atoms with van der Waals surface area (Å²) in [5.41, 5.74) is 0.995. The van der Waals surface area contributed by atoms with Crippen molar-refractivity contribution in [2.75, 3.05) is 33.8 Å². The SMILES string of the molecule is COC(=O)C[C@@]1(NC(=O)c2nc3c(s2)CN(C)CC3)CNCC[C@@H]1NC(=O)c1cc2cc(Cl)ccc2[nH]1.Cl.Cl. The van der Waals surface area contributed by atoms with Crippen LogP contribution >= 0.6 is 47.8 Å². The summed E-state index contributed by atoms with van der Waals surface area (Å²) in [7, 11) is 3.35. The molecule has 0 saturated carbocycles. The molecule has 1 saturated heterocycles. The van der Waals surface area contributed by atoms with Crippen LogP contribution in [0.3, 0.4) is 0 Å². The number of likely N-dealkylation sites (N-methyl/N-ethyl adjacent to an activating group) is 1. The summed E-state index contributed by atoms with van der Waals surface area (Å²) >= 11 is 7.46. The van der Waals surface area contributed by atoms with E-state index in [1.807, 2.05) is 13.1 Å². The molecule has 1 aromatic carbocycles. The number of nitrogens with zero attached hydrogens (tertiary/aromatic N) is 2. The van der Waals surface area contributed by atoms with Crippen molar-refractivity contribution in [2.45, 2.75) is 37.4 Å². The van der Waals surface area contributed by atoms with Crippen molar-refractivity contribution >= 4 is 76.4 Å². The second-order valence-electron chi connectivity index (χ2n) is 9.65. The smallest absolute Gasteiger partial charge is 0.308 e. The Kier molecular flexibility index (Phi) is 10.2. The first-order valence-electron chi connectivity index (χ1n) is 12.1. The molecule has 4 heterocycles. The number of piperidine rings is 1. The van der Waals surface area contributed by atoms with Crippen molar-refractivity contribution in [3.05, 3.63) is 50.6 Å². The molecule has 3 aromatic rings. The fourth-order valence-electron chi connectivity index (χ4n) is 5.02. The Morgan fingerprint density at radius 3 is 2.82 bits per heavy atom. The van der Waals surface area contributed by atoms with Crippen LogP contribution < -0.4 is 16.0 Å². The number of rotatable bonds is 6. The Balaban J connectivity index is 0.00000210. The summed E-state index contributed by atoms with van der Waals surface area (Å²) in [6.07, 6.45) is 1.19. The number of carbonyl (C=O) groups is 3. The van der Waals surface area contributed by atoms with E-state index in [1.54, 1.807) is 18.2 Å². The summed E-state index contributed by atoms with van der Waals surface area (Å²) in [4.78, 5) is 50.2. The normalized spacial score (nSPS) is 20.7. The Morgan fingerprint density at radius 2 is 2.05 bits per heavy atom. The van der Waals surface area contributed by atoms with E-state index in [-0.39, 0.29) is 49.6 Å². The first-order chi connectivity index (χ1) is 17.8. The topological polar surface area (TPSA) is 128 Å². The standard InChI is InChI=1S/C25H29ClN6O4S.2ClH/c1-32-8-6-17-19(12-32)37-24(29-17)23(35)31-25(11-21(33)36-2)13-27-7-5-20(25)30-22(34)18-10-14-9-15(26)3-4-16(14)28-18;;/h3-4,9-10,20,27-28H,5-8,11-13H2,1-2H3,(H,30,34)(H,31,35);2*1H/t20-,25+;;/m0../s1. The maximum atomic E-state index is 13.4. The van der Waals surface area contributed by atoms with Crippen LogP contribution in [0.15, 0.2) is 24.3 Å². The van der Waals surface area contributed by atoms with Gasteiger partial charge in [-0.25, -0.2) is 4.98 Å². The van der Waals surface area contributed by atoms with Crippen molar-refractivity contribution in [3.63, 3.8) is 0 Å². The van der Waals surface area contributed by atoms with E-state index in [0.29, 0.717) is 28.7 Å². The molecular weight excluding hydrogens is 587 g/mol. The fourth-order valence-corrected chi connectivity index (χ4v) is 6.28. The minimum Gasteiger partial charge on any atom is -0.469 e. The summed E-state index contributed by atoms with van der Waals surface area (Å²) in [6, 6.07) is 6.55. The third-order valence-corrected chi connectivity index (χ3v) is 8.33. The third kappa shape index (κ3) is 6.67. The lowest BCUT2D eigenvalue weighted by molar-refractivity contribution is -0.142. The number of methoxy groups -OCH3 is 1. The summed E-state index contributed by atoms with van der Waals surface area (Å²) in [5, 5.41) is 11.1. The predicted octanol–water partition coefficient (Wildman–Crippen LogP) is 2.93. The number of amides is 2. The minimum atomic E-state index is -1.10. The van der Waals surface area contributed by atoms with Crippen LogP contribution in [0.25, 0.3) is 10.9 Å². The molecular formula is C25H31Cl3N6O4S. The maximum Gasteiger partial charge on any atom is 0.308 e. The monoisotopic (exact) mass is 616 g/mol. The van der Waals surface area contributed by atoms with Crippen LogP contribution in [-0.2, 0) is 22.5 Å². The average Bonchev–Trinajstić information content (AvgIpc) is 3.49. The van der Waals surface area contributed by atoms with Gasteiger partial charge in [0.05, 0.1) is 30.8 Å². The van der Waals surface area contributed by atoms with Gasteiger partial charge in [0.1, 0.15) is 5.69 Å². The molecule has 4 N–H and O–H groups in total. The molecule has 0 spiro atoms. The second kappa shape index (κ2) is 12.8. The molecule has 2 atom stereocenters. The fraction of sp³-hybridized carbons (Fsp3) is 0.440. The Bertz CT molecular complexity index is 1360. The zero-order valence-corrected chi connectivity index (χ0v) is 24.7. The van der Waals surface area contributed by atoms with Gasteiger partial charge in [-0.3, -0.25) is 14.4 Å². The molecule has 5 rings (SSSR count). The third-order valence-electron chi connectivity index (χ3n) is 7.02. The molecule has 0 bridgehead atoms. The largest absolute Gasteiger partial charge is 0.469 e. The average molecular weight is 618 g/mol. The highest BCUT2D eigenvalue weighted by Crippen LogP contribution is 2.28. The maximum absolute atomic E-state index is 13.4. The number of aromatic amines is 1. The highest BCUT2D eigenvalue weighted by molar-refractivity contribution is 7.13. The lowest BCUT2D eigenvalue weighted by Crippen LogP contribution is -2.70. The van der Waals surface area contributed by atoms with Crippen LogP contribution in [0.4, 0.5) is 0 Å². The van der Waals surface area contributed by atoms with Crippen molar-refractivity contribution in [1.82, 2.24) is 30.8 Å². The van der Waals surface area contributed by atoms with Gasteiger partial charge in [0.25, 0.3) is 11.8 Å². The van der Waals surface area contributed by atoms with Gasteiger partial charge in [0, 0.05) is 46.9 Å². The number of ether oxygens (including phenoxy) is 1. The van der Waals surface area contributed by atoms with Crippen LogP contribution in [-0.4, -0.2) is 78.0 Å². The molecule has 14 heteroatoms. The van der Waals surface area contributed by atoms with Crippen LogP contribution in [0.1, 0.15) is 43.7 Å². The van der Waals surface area contributed by atoms with Gasteiger partial charge in [0.2, 0.25) is 0 Å². The van der Waals surface area contributed by atoms with Crippen LogP contribution in [0.2, 0.25) is 5.02 Å². The van der Waals surface area contributed by atoms with E-state index in [1.165, 1.54) is 18.4 Å². The summed E-state index contributed by atoms with van der Waals surface area (Å²) in [6.45, 7) is 2.55. The van der Waals surface area contributed by atoms with Crippen molar-refractivity contribution in [2.24, 2.45) is 0 Å². The predicted molar refractivity (Wildman–Crippen MR) is 156 cm³/mol. The van der Waals surface area contributed by atoms with E-state index < -0.39 is 17.6 Å². The molecule has 2 aromatic heterocycles. The van der Waals surface area contributed by atoms with Gasteiger partial charge in [-0.15, -0.1) is 36.2 Å². The Morgan fingerprint density at radius 1 is 1.26 bits per heavy atom. The second-order valence-corrected chi connectivity index (χ2v) is 11.2. The van der Waals surface area contributed by atoms with Gasteiger partial charge in [-0.05, 0) is 44.3 Å². The zero-order chi connectivity index (χ0) is 26.2. The number of thiazole rings is 1. The summed E-state index contributed by atoms with van der Waals surface area (Å²) in [5.74, 6) is -1.19. The molecule has 0 aliphatic carbocycles. The van der Waals surface area contributed by atoms with E-state index in [4.69, 9.17) is 16.3 Å². The Hall–Kier alpha value is -2.41. The molecule has 1 fully saturated rings. The van der Waals surface area contributed by atoms with Gasteiger partial charge in [-0.2, -0.15) is 0 Å². The molecule has 10 nitrogen and oxygen atoms in total. The first kappa shape index (κ1) is 31.1. The molecule has 2 amide bonds. The van der Waals surface area contributed by atoms with Crippen molar-refractivity contribution < 1.29 is 19.1 Å². The number of hydrogen-bond donors (Lipinski definition) is 4. The van der Waals surface area contributed by atoms with Gasteiger partial charge >= 0.3 is 5.97 Å². The highest BCUT2D eigenvalue weighted by atomic mass is 35.5. The number of esters is 1. The van der Waals surface area contributed by atoms with Crippen LogP contribution in [0, 0.1) is 0 Å². The van der Waals surface area contributed by atoms with Crippen molar-refractivity contribution in [3.8, 4) is 0 Å². The lowest BCUT2D eigenvalue weighted by Gasteiger charge is -2.44. The zero-order valence-electron chi connectivity index (χ0n) is 21.5. The number of carbonyl (C=O) groups excluding carboxylic acids is 3. The van der Waals surface area contributed by atoms with Crippen LogP contribution in [0.5, 0.6) is 0 Å². The number of nitrogens with one attached hydrogen (secondary N) is 4. The molecule has 2 aliphatic rings. The van der Waals surface area contributed by atoms with E-state index in [9.17, 15) is 14.4 Å². The van der Waals surface area contributed by atoms with E-state index in [2.05, 4.69) is 30.8 Å². The van der Waals surface area contributed by atoms with Gasteiger partial charge < -0.3 is 30.6 Å². The molecule has 212 valence electrons. The van der Waals surface area contributed by atoms with Crippen molar-refractivity contribution in [1.29, 1.82) is 0 Å². The lowest BCUT2D eigenvalue weighted by atomic mass is 9.81. The quantitative estimate of drug-likeness (QED) is 0.313. The number of benzene rings is 1. The number of H-pyrrole nitrogens is 1. The van der Waals surface area contributed by atoms with E-state index in [0.717, 1.165) is 41.0 Å². The molecule has 39 heavy (non-hydrogen) atoms. The summed E-state index contributed by atoms with van der Waals surface area (Å²) < 4.78 is 4.96. The van der Waals surface area contributed by atoms with Gasteiger partial charge in [0.15, 0.2) is 5.01 Å². The number of fused-ring (bicyclic) bond motifs is 2. The number of aromatic nitrogens is 2. The van der Waals surface area contributed by atoms with Gasteiger partial charge in [-0.1, -0.05) is 11.6 Å². The molecule has 0 unspecified atom stereocenters. The number of halogens is 3. The van der Waals surface area contributed by atoms with E-state index >= 15 is 0 Å². The Labute approximate surface area is 247 Å². The minimum absolute atomic E-state index is 0.